The van der Waals surface area contributed by atoms with Crippen LogP contribution in [0, 0.1) is 36.0 Å². The smallest absolute Gasteiger partial charge is 0.298 e. The molecule has 5 nitrogen and oxygen atoms in total. The van der Waals surface area contributed by atoms with Crippen LogP contribution in [0.25, 0.3) is 0 Å². The summed E-state index contributed by atoms with van der Waals surface area (Å²) in [5, 5.41) is 11.4. The maximum Gasteiger partial charge on any atom is 0.298 e. The van der Waals surface area contributed by atoms with E-state index in [0.717, 1.165) is 12.8 Å². The fourth-order valence-corrected chi connectivity index (χ4v) is 7.18. The van der Waals surface area contributed by atoms with E-state index in [1.165, 1.54) is 7.11 Å². The Hall–Kier alpha value is -1.27. The average Bonchev–Trinajstić information content (AvgIpc) is 2.49. The summed E-state index contributed by atoms with van der Waals surface area (Å²) in [7, 11) is -3.16. The molecule has 0 aliphatic heterocycles. The molecule has 1 atom stereocenters. The normalized spacial score (nSPS) is 14.8. The fourth-order valence-electron chi connectivity index (χ4n) is 6.21. The van der Waals surface area contributed by atoms with Gasteiger partial charge in [0.05, 0.1) is 7.11 Å². The Morgan fingerprint density at radius 1 is 0.935 bits per heavy atom. The van der Waals surface area contributed by atoms with E-state index in [2.05, 4.69) is 62.3 Å². The van der Waals surface area contributed by atoms with Crippen LogP contribution in [0.5, 0.6) is 11.5 Å². The van der Waals surface area contributed by atoms with Crippen molar-refractivity contribution in [1.29, 1.82) is 0 Å². The minimum absolute atomic E-state index is 0.0180. The van der Waals surface area contributed by atoms with E-state index in [0.29, 0.717) is 22.6 Å². The maximum absolute atomic E-state index is 12.4. The van der Waals surface area contributed by atoms with Crippen LogP contribution < -0.4 is 4.74 Å². The summed E-state index contributed by atoms with van der Waals surface area (Å²) in [6.45, 7) is 22.8. The van der Waals surface area contributed by atoms with Crippen LogP contribution in [0.15, 0.2) is 4.90 Å². The van der Waals surface area contributed by atoms with Crippen molar-refractivity contribution in [3.63, 3.8) is 0 Å². The zero-order chi connectivity index (χ0) is 24.7. The first kappa shape index (κ1) is 27.8. The van der Waals surface area contributed by atoms with Crippen LogP contribution >= 0.6 is 0 Å². The Bertz CT molecular complexity index is 903. The van der Waals surface area contributed by atoms with Crippen LogP contribution in [0.4, 0.5) is 0 Å². The highest BCUT2D eigenvalue weighted by molar-refractivity contribution is 7.86. The summed E-state index contributed by atoms with van der Waals surface area (Å²) >= 11 is 0. The molecule has 0 amide bonds. The van der Waals surface area contributed by atoms with Gasteiger partial charge in [-0.1, -0.05) is 62.3 Å². The molecule has 0 aromatic heterocycles. The van der Waals surface area contributed by atoms with Gasteiger partial charge in [0.15, 0.2) is 0 Å². The molecule has 31 heavy (non-hydrogen) atoms. The van der Waals surface area contributed by atoms with E-state index in [9.17, 15) is 18.1 Å². The van der Waals surface area contributed by atoms with Gasteiger partial charge in [-0.15, -0.1) is 0 Å². The second-order valence-electron chi connectivity index (χ2n) is 12.1. The maximum atomic E-state index is 12.4. The fraction of sp³-hybridized carbons (Fsp3) is 0.760. The molecule has 0 saturated carbocycles. The number of phenols is 1. The summed E-state index contributed by atoms with van der Waals surface area (Å²) < 4.78 is 40.4. The third-order valence-electron chi connectivity index (χ3n) is 6.20. The highest BCUT2D eigenvalue weighted by Gasteiger charge is 2.47. The molecular weight excluding hydrogens is 412 g/mol. The summed E-state index contributed by atoms with van der Waals surface area (Å²) in [4.78, 5) is -0.253. The third kappa shape index (κ3) is 6.16. The molecule has 0 saturated heterocycles. The second kappa shape index (κ2) is 8.93. The molecule has 0 spiro atoms. The monoisotopic (exact) mass is 456 g/mol. The number of aromatic hydroxyl groups is 1. The van der Waals surface area contributed by atoms with Crippen molar-refractivity contribution in [2.24, 2.45) is 22.2 Å². The van der Waals surface area contributed by atoms with Crippen molar-refractivity contribution >= 4 is 10.1 Å². The van der Waals surface area contributed by atoms with Gasteiger partial charge in [-0.2, -0.15) is 8.42 Å². The van der Waals surface area contributed by atoms with Gasteiger partial charge in [0.25, 0.3) is 10.1 Å². The second-order valence-corrected chi connectivity index (χ2v) is 13.5. The Labute approximate surface area is 190 Å². The molecule has 0 aliphatic rings. The minimum Gasteiger partial charge on any atom is -0.507 e. The molecule has 6 heteroatoms. The molecule has 1 unspecified atom stereocenters. The van der Waals surface area contributed by atoms with E-state index in [1.807, 2.05) is 0 Å². The number of phenolic OH excluding ortho intramolecular Hbond substituents is 1. The zero-order valence-corrected chi connectivity index (χ0v) is 22.4. The lowest BCUT2D eigenvalue weighted by Crippen LogP contribution is -2.38. The molecule has 180 valence electrons. The number of benzene rings is 1. The lowest BCUT2D eigenvalue weighted by molar-refractivity contribution is 0.0751. The van der Waals surface area contributed by atoms with Gasteiger partial charge in [0, 0.05) is 11.5 Å². The van der Waals surface area contributed by atoms with Gasteiger partial charge >= 0.3 is 0 Å². The Kier molecular flexibility index (Phi) is 8.00. The van der Waals surface area contributed by atoms with Crippen LogP contribution in [0.1, 0.15) is 97.8 Å². The standard InChI is InChI=1S/C25H44O5S/c1-15(2)13-24(8,9)22(25(10,11)14-23(5,6)7)18-19(26)16(3)17(4)21(20(18)30-12)31(27,28)29/h15,22,26H,13-14H2,1-12H3,(H,27,28,29). The van der Waals surface area contributed by atoms with Gasteiger partial charge in [0.2, 0.25) is 0 Å². The highest BCUT2D eigenvalue weighted by atomic mass is 32.2. The highest BCUT2D eigenvalue weighted by Crippen LogP contribution is 2.59. The first-order valence-corrected chi connectivity index (χ1v) is 12.5. The number of hydrogen-bond acceptors (Lipinski definition) is 4. The molecule has 0 bridgehead atoms. The minimum atomic E-state index is -4.56. The Balaban J connectivity index is 4.17. The van der Waals surface area contributed by atoms with E-state index in [-0.39, 0.29) is 38.6 Å². The number of ether oxygens (including phenoxy) is 1. The van der Waals surface area contributed by atoms with E-state index in [1.54, 1.807) is 13.8 Å². The predicted molar refractivity (Wildman–Crippen MR) is 128 cm³/mol. The topological polar surface area (TPSA) is 83.8 Å². The van der Waals surface area contributed by atoms with Crippen LogP contribution in [-0.2, 0) is 10.1 Å². The Morgan fingerprint density at radius 2 is 1.42 bits per heavy atom. The van der Waals surface area contributed by atoms with E-state index < -0.39 is 10.1 Å². The molecule has 0 radical (unpaired) electrons. The van der Waals surface area contributed by atoms with Crippen LogP contribution in [0.2, 0.25) is 0 Å². The van der Waals surface area contributed by atoms with Gasteiger partial charge < -0.3 is 9.84 Å². The quantitative estimate of drug-likeness (QED) is 0.416. The summed E-state index contributed by atoms with van der Waals surface area (Å²) in [5.74, 6) is 0.275. The lowest BCUT2D eigenvalue weighted by atomic mass is 9.56. The molecule has 0 aliphatic carbocycles. The Morgan fingerprint density at radius 3 is 1.77 bits per heavy atom. The van der Waals surface area contributed by atoms with Gasteiger partial charge in [0.1, 0.15) is 16.4 Å². The largest absolute Gasteiger partial charge is 0.507 e. The van der Waals surface area contributed by atoms with Crippen molar-refractivity contribution < 1.29 is 22.8 Å². The van der Waals surface area contributed by atoms with E-state index in [4.69, 9.17) is 4.74 Å². The van der Waals surface area contributed by atoms with Gasteiger partial charge in [-0.25, -0.2) is 0 Å². The first-order valence-electron chi connectivity index (χ1n) is 11.0. The van der Waals surface area contributed by atoms with Crippen molar-refractivity contribution in [3.05, 3.63) is 16.7 Å². The molecule has 2 N–H and O–H groups in total. The van der Waals surface area contributed by atoms with Crippen molar-refractivity contribution in [2.45, 2.75) is 99.8 Å². The average molecular weight is 457 g/mol. The molecule has 0 fully saturated rings. The van der Waals surface area contributed by atoms with Gasteiger partial charge in [-0.3, -0.25) is 4.55 Å². The van der Waals surface area contributed by atoms with Crippen LogP contribution in [0.3, 0.4) is 0 Å². The summed E-state index contributed by atoms with van der Waals surface area (Å²) in [5.41, 5.74) is 0.642. The zero-order valence-electron chi connectivity index (χ0n) is 21.6. The summed E-state index contributed by atoms with van der Waals surface area (Å²) in [6, 6.07) is 0. The number of rotatable bonds is 8. The van der Waals surface area contributed by atoms with Crippen LogP contribution in [-0.4, -0.2) is 25.2 Å². The van der Waals surface area contributed by atoms with Crippen molar-refractivity contribution in [1.82, 2.24) is 0 Å². The molecule has 0 heterocycles. The predicted octanol–water partition coefficient (Wildman–Crippen LogP) is 6.88. The number of hydrogen-bond donors (Lipinski definition) is 2. The third-order valence-corrected chi connectivity index (χ3v) is 7.21. The summed E-state index contributed by atoms with van der Waals surface area (Å²) in [6.07, 6.45) is 1.73. The SMILES string of the molecule is COc1c(C(C(C)(C)CC(C)C)C(C)(C)CC(C)(C)C)c(O)c(C)c(C)c1S(=O)(=O)O. The van der Waals surface area contributed by atoms with Crippen molar-refractivity contribution in [3.8, 4) is 11.5 Å². The van der Waals surface area contributed by atoms with Gasteiger partial charge in [-0.05, 0) is 60.0 Å². The molecule has 1 aromatic carbocycles. The molecular formula is C25H44O5S. The first-order chi connectivity index (χ1) is 13.7. The lowest BCUT2D eigenvalue weighted by Gasteiger charge is -2.49. The molecule has 1 rings (SSSR count). The van der Waals surface area contributed by atoms with Crippen molar-refractivity contribution in [2.75, 3.05) is 7.11 Å². The molecule has 1 aromatic rings. The number of methoxy groups -OCH3 is 1. The van der Waals surface area contributed by atoms with E-state index >= 15 is 0 Å².